The van der Waals surface area contributed by atoms with Crippen molar-refractivity contribution in [3.63, 3.8) is 0 Å². The lowest BCUT2D eigenvalue weighted by Gasteiger charge is -2.09. The summed E-state index contributed by atoms with van der Waals surface area (Å²) in [4.78, 5) is 16.3. The lowest BCUT2D eigenvalue weighted by atomic mass is 10.3. The molecule has 3 aromatic rings. The Hall–Kier alpha value is -2.93. The molecule has 7 nitrogen and oxygen atoms in total. The van der Waals surface area contributed by atoms with Crippen LogP contribution in [-0.4, -0.2) is 19.9 Å². The Morgan fingerprint density at radius 2 is 1.87 bits per heavy atom. The molecule has 0 spiro atoms. The number of nitrogens with one attached hydrogen (secondary N) is 1. The molecule has 0 aliphatic heterocycles. The van der Waals surface area contributed by atoms with Gasteiger partial charge in [-0.1, -0.05) is 29.8 Å². The second-order valence-electron chi connectivity index (χ2n) is 4.51. The molecule has 0 atom stereocenters. The van der Waals surface area contributed by atoms with Gasteiger partial charge >= 0.3 is 0 Å². The van der Waals surface area contributed by atoms with E-state index >= 15 is 0 Å². The Balaban J connectivity index is 1.74. The quantitative estimate of drug-likeness (QED) is 0.695. The molecule has 0 fully saturated rings. The molecule has 0 amide bonds. The lowest BCUT2D eigenvalue weighted by molar-refractivity contribution is 0.295. The van der Waals surface area contributed by atoms with Crippen LogP contribution in [0.15, 0.2) is 48.7 Å². The van der Waals surface area contributed by atoms with Gasteiger partial charge in [-0.3, -0.25) is 0 Å². The largest absolute Gasteiger partial charge is 0.482 e. The maximum Gasteiger partial charge on any atom is 0.232 e. The number of nitrogens with two attached hydrogens (primary N) is 1. The van der Waals surface area contributed by atoms with Crippen LogP contribution in [0.25, 0.3) is 0 Å². The first-order valence-corrected chi connectivity index (χ1v) is 7.14. The van der Waals surface area contributed by atoms with Crippen molar-refractivity contribution in [3.05, 3.63) is 59.6 Å². The second kappa shape index (κ2) is 6.89. The van der Waals surface area contributed by atoms with E-state index in [1.807, 2.05) is 30.3 Å². The van der Waals surface area contributed by atoms with Gasteiger partial charge in [0.1, 0.15) is 6.61 Å². The molecule has 0 unspecified atom stereocenters. The maximum absolute atomic E-state index is 5.93. The van der Waals surface area contributed by atoms with Crippen LogP contribution in [0.5, 0.6) is 5.75 Å². The number of nitrogen functional groups attached to an aromatic ring is 1. The first kappa shape index (κ1) is 15.0. The number of anilines is 3. The summed E-state index contributed by atoms with van der Waals surface area (Å²) in [5.74, 6) is 1.29. The van der Waals surface area contributed by atoms with E-state index in [4.69, 9.17) is 22.1 Å². The highest BCUT2D eigenvalue weighted by molar-refractivity contribution is 6.30. The van der Waals surface area contributed by atoms with E-state index in [9.17, 15) is 0 Å². The number of hydrogen-bond donors (Lipinski definition) is 2. The van der Waals surface area contributed by atoms with Crippen molar-refractivity contribution in [3.8, 4) is 5.75 Å². The van der Waals surface area contributed by atoms with Crippen LogP contribution in [-0.2, 0) is 6.61 Å². The molecule has 0 radical (unpaired) electrons. The third kappa shape index (κ3) is 4.04. The summed E-state index contributed by atoms with van der Waals surface area (Å²) < 4.78 is 5.55. The van der Waals surface area contributed by atoms with Crippen LogP contribution in [0.1, 0.15) is 5.82 Å². The zero-order valence-electron chi connectivity index (χ0n) is 12.0. The number of aromatic nitrogens is 4. The van der Waals surface area contributed by atoms with E-state index in [-0.39, 0.29) is 17.7 Å². The van der Waals surface area contributed by atoms with Gasteiger partial charge < -0.3 is 15.8 Å². The van der Waals surface area contributed by atoms with Crippen LogP contribution < -0.4 is 15.8 Å². The fourth-order valence-electron chi connectivity index (χ4n) is 1.83. The molecule has 0 aliphatic rings. The predicted octanol–water partition coefficient (Wildman–Crippen LogP) is 2.82. The predicted molar refractivity (Wildman–Crippen MR) is 87.5 cm³/mol. The molecule has 3 N–H and O–H groups in total. The first-order valence-electron chi connectivity index (χ1n) is 6.76. The normalized spacial score (nSPS) is 10.3. The van der Waals surface area contributed by atoms with Gasteiger partial charge in [0.2, 0.25) is 11.9 Å². The second-order valence-corrected chi connectivity index (χ2v) is 4.86. The Morgan fingerprint density at radius 3 is 2.65 bits per heavy atom. The number of halogens is 1. The Labute approximate surface area is 137 Å². The maximum atomic E-state index is 5.93. The molecular weight excluding hydrogens is 316 g/mol. The average molecular weight is 329 g/mol. The molecule has 1 aromatic carbocycles. The summed E-state index contributed by atoms with van der Waals surface area (Å²) in [7, 11) is 0. The van der Waals surface area contributed by atoms with E-state index in [1.54, 1.807) is 18.3 Å². The number of nitrogens with zero attached hydrogens (tertiary/aromatic N) is 4. The Morgan fingerprint density at radius 1 is 1.04 bits per heavy atom. The molecule has 116 valence electrons. The Kier molecular flexibility index (Phi) is 4.49. The number of hydrogen-bond acceptors (Lipinski definition) is 7. The van der Waals surface area contributed by atoms with Crippen LogP contribution in [0.3, 0.4) is 0 Å². The number of pyridine rings is 1. The summed E-state index contributed by atoms with van der Waals surface area (Å²) in [6, 6.07) is 13.0. The topological polar surface area (TPSA) is 98.8 Å². The van der Waals surface area contributed by atoms with Crippen molar-refractivity contribution in [1.29, 1.82) is 0 Å². The van der Waals surface area contributed by atoms with E-state index in [0.29, 0.717) is 17.5 Å². The number of ether oxygens (including phenoxy) is 1. The van der Waals surface area contributed by atoms with Crippen LogP contribution in [0, 0.1) is 0 Å². The summed E-state index contributed by atoms with van der Waals surface area (Å²) in [5.41, 5.74) is 6.56. The molecule has 3 rings (SSSR count). The van der Waals surface area contributed by atoms with Crippen molar-refractivity contribution in [2.45, 2.75) is 6.61 Å². The summed E-state index contributed by atoms with van der Waals surface area (Å²) in [5, 5.41) is 3.33. The van der Waals surface area contributed by atoms with Gasteiger partial charge in [-0.05, 0) is 24.3 Å². The third-order valence-corrected chi connectivity index (χ3v) is 3.09. The minimum absolute atomic E-state index is 0.0988. The highest BCUT2D eigenvalue weighted by Gasteiger charge is 2.07. The van der Waals surface area contributed by atoms with E-state index < -0.39 is 0 Å². The van der Waals surface area contributed by atoms with E-state index in [2.05, 4.69) is 25.3 Å². The smallest absolute Gasteiger partial charge is 0.232 e. The SMILES string of the molecule is Nc1nc(COc2cccnc2Cl)nc(Nc2ccccc2)n1. The summed E-state index contributed by atoms with van der Waals surface area (Å²) in [6.07, 6.45) is 1.58. The van der Waals surface area contributed by atoms with Crippen LogP contribution in [0.2, 0.25) is 5.15 Å². The van der Waals surface area contributed by atoms with Gasteiger partial charge in [-0.15, -0.1) is 0 Å². The van der Waals surface area contributed by atoms with Crippen molar-refractivity contribution < 1.29 is 4.74 Å². The van der Waals surface area contributed by atoms with E-state index in [1.165, 1.54) is 0 Å². The summed E-state index contributed by atoms with van der Waals surface area (Å²) in [6.45, 7) is 0.0988. The standard InChI is InChI=1S/C15H13ClN6O/c16-13-11(7-4-8-18-13)23-9-12-20-14(17)22-15(21-12)19-10-5-2-1-3-6-10/h1-8H,9H2,(H3,17,19,20,21,22). The molecule has 2 heterocycles. The molecule has 23 heavy (non-hydrogen) atoms. The van der Waals surface area contributed by atoms with Gasteiger partial charge in [0.05, 0.1) is 0 Å². The van der Waals surface area contributed by atoms with Crippen LogP contribution in [0.4, 0.5) is 17.6 Å². The Bertz CT molecular complexity index is 799. The van der Waals surface area contributed by atoms with Gasteiger partial charge in [0, 0.05) is 11.9 Å². The minimum atomic E-state index is 0.0988. The minimum Gasteiger partial charge on any atom is -0.482 e. The fraction of sp³-hybridized carbons (Fsp3) is 0.0667. The molecule has 2 aromatic heterocycles. The highest BCUT2D eigenvalue weighted by Crippen LogP contribution is 2.21. The highest BCUT2D eigenvalue weighted by atomic mass is 35.5. The molecule has 0 aliphatic carbocycles. The monoisotopic (exact) mass is 328 g/mol. The number of rotatable bonds is 5. The third-order valence-electron chi connectivity index (χ3n) is 2.81. The fourth-order valence-corrected chi connectivity index (χ4v) is 2.00. The van der Waals surface area contributed by atoms with Crippen LogP contribution >= 0.6 is 11.6 Å². The zero-order chi connectivity index (χ0) is 16.1. The van der Waals surface area contributed by atoms with Gasteiger partial charge in [0.15, 0.2) is 16.7 Å². The van der Waals surface area contributed by atoms with E-state index in [0.717, 1.165) is 5.69 Å². The first-order chi connectivity index (χ1) is 11.2. The zero-order valence-corrected chi connectivity index (χ0v) is 12.7. The molecule has 8 heteroatoms. The van der Waals surface area contributed by atoms with Crippen molar-refractivity contribution >= 4 is 29.2 Å². The lowest BCUT2D eigenvalue weighted by Crippen LogP contribution is -2.09. The number of benzene rings is 1. The molecule has 0 saturated carbocycles. The van der Waals surface area contributed by atoms with Crippen molar-refractivity contribution in [2.75, 3.05) is 11.1 Å². The van der Waals surface area contributed by atoms with Gasteiger partial charge in [-0.2, -0.15) is 15.0 Å². The van der Waals surface area contributed by atoms with Gasteiger partial charge in [-0.25, -0.2) is 4.98 Å². The van der Waals surface area contributed by atoms with Crippen molar-refractivity contribution in [2.24, 2.45) is 0 Å². The summed E-state index contributed by atoms with van der Waals surface area (Å²) >= 11 is 5.93. The number of para-hydroxylation sites is 1. The molecule has 0 bridgehead atoms. The van der Waals surface area contributed by atoms with Gasteiger partial charge in [0.25, 0.3) is 0 Å². The molecule has 0 saturated heterocycles. The molecular formula is C15H13ClN6O. The average Bonchev–Trinajstić information content (AvgIpc) is 2.54. The van der Waals surface area contributed by atoms with Crippen molar-refractivity contribution in [1.82, 2.24) is 19.9 Å².